The number of hydrogen-bond donors (Lipinski definition) is 1. The van der Waals surface area contributed by atoms with Gasteiger partial charge in [-0.25, -0.2) is 0 Å². The van der Waals surface area contributed by atoms with E-state index in [9.17, 15) is 4.79 Å². The maximum atomic E-state index is 12.9. The molecule has 0 radical (unpaired) electrons. The van der Waals surface area contributed by atoms with Crippen LogP contribution in [0.2, 0.25) is 0 Å². The molecule has 1 saturated carbocycles. The van der Waals surface area contributed by atoms with E-state index in [-0.39, 0.29) is 0 Å². The number of para-hydroxylation sites is 1. The molecule has 4 rings (SSSR count). The van der Waals surface area contributed by atoms with Crippen molar-refractivity contribution >= 4 is 16.8 Å². The Bertz CT molecular complexity index is 673. The van der Waals surface area contributed by atoms with Gasteiger partial charge in [0, 0.05) is 29.7 Å². The van der Waals surface area contributed by atoms with Gasteiger partial charge in [0.2, 0.25) is 5.91 Å². The summed E-state index contributed by atoms with van der Waals surface area (Å²) in [5, 5.41) is 1.19. The minimum absolute atomic E-state index is 0.321. The van der Waals surface area contributed by atoms with E-state index in [1.165, 1.54) is 43.9 Å². The zero-order valence-electron chi connectivity index (χ0n) is 13.1. The third-order valence-electron chi connectivity index (χ3n) is 5.58. The Balaban J connectivity index is 1.53. The third kappa shape index (κ3) is 2.43. The number of hydrogen-bond acceptors (Lipinski definition) is 1. The number of carbonyl (C=O) groups excluding carboxylic acids is 1. The first-order chi connectivity index (χ1) is 10.8. The molecule has 0 unspecified atom stereocenters. The Morgan fingerprint density at radius 2 is 1.95 bits per heavy atom. The number of amides is 1. The molecule has 0 spiro atoms. The molecule has 3 nitrogen and oxygen atoms in total. The van der Waals surface area contributed by atoms with Crippen molar-refractivity contribution in [3.8, 4) is 0 Å². The maximum absolute atomic E-state index is 12.9. The van der Waals surface area contributed by atoms with Crippen LogP contribution in [0.15, 0.2) is 30.5 Å². The Hall–Kier alpha value is -1.77. The van der Waals surface area contributed by atoms with Crippen LogP contribution in [0.3, 0.4) is 0 Å². The fraction of sp³-hybridized carbons (Fsp3) is 0.526. The molecule has 116 valence electrons. The van der Waals surface area contributed by atoms with Crippen molar-refractivity contribution in [2.45, 2.75) is 51.0 Å². The van der Waals surface area contributed by atoms with E-state index < -0.39 is 0 Å². The molecule has 2 heterocycles. The van der Waals surface area contributed by atoms with Crippen LogP contribution in [0, 0.1) is 5.92 Å². The highest BCUT2D eigenvalue weighted by Gasteiger charge is 2.35. The van der Waals surface area contributed by atoms with Crippen LogP contribution in [0.25, 0.3) is 10.9 Å². The number of aromatic nitrogens is 1. The molecule has 1 aliphatic carbocycles. The molecule has 1 aromatic heterocycles. The van der Waals surface area contributed by atoms with Crippen molar-refractivity contribution in [2.24, 2.45) is 5.92 Å². The molecule has 2 fully saturated rings. The number of H-pyrrole nitrogens is 1. The highest BCUT2D eigenvalue weighted by molar-refractivity contribution is 5.89. The van der Waals surface area contributed by atoms with Crippen LogP contribution < -0.4 is 0 Å². The zero-order valence-corrected chi connectivity index (χ0v) is 13.1. The van der Waals surface area contributed by atoms with Gasteiger partial charge in [-0.15, -0.1) is 0 Å². The summed E-state index contributed by atoms with van der Waals surface area (Å²) in [7, 11) is 0. The van der Waals surface area contributed by atoms with E-state index in [1.807, 2.05) is 18.3 Å². The van der Waals surface area contributed by atoms with Gasteiger partial charge in [-0.05, 0) is 43.2 Å². The number of nitrogens with zero attached hydrogens (tertiary/aromatic N) is 1. The second-order valence-corrected chi connectivity index (χ2v) is 6.88. The van der Waals surface area contributed by atoms with Gasteiger partial charge in [-0.3, -0.25) is 4.79 Å². The van der Waals surface area contributed by atoms with Gasteiger partial charge in [-0.1, -0.05) is 31.0 Å². The quantitative estimate of drug-likeness (QED) is 0.896. The summed E-state index contributed by atoms with van der Waals surface area (Å²) in [6.45, 7) is 0.961. The lowest BCUT2D eigenvalue weighted by Gasteiger charge is -2.44. The Labute approximate surface area is 131 Å². The number of piperidine rings is 1. The number of likely N-dealkylation sites (tertiary alicyclic amines) is 1. The van der Waals surface area contributed by atoms with Crippen LogP contribution in [0.5, 0.6) is 0 Å². The van der Waals surface area contributed by atoms with Crippen LogP contribution >= 0.6 is 0 Å². The number of nitrogens with one attached hydrogen (secondary N) is 1. The molecule has 0 bridgehead atoms. The Morgan fingerprint density at radius 1 is 1.14 bits per heavy atom. The van der Waals surface area contributed by atoms with E-state index in [0.717, 1.165) is 23.5 Å². The summed E-state index contributed by atoms with van der Waals surface area (Å²) in [4.78, 5) is 18.4. The highest BCUT2D eigenvalue weighted by Crippen LogP contribution is 2.35. The molecule has 2 aliphatic rings. The molecule has 1 amide bonds. The van der Waals surface area contributed by atoms with Gasteiger partial charge in [0.1, 0.15) is 0 Å². The van der Waals surface area contributed by atoms with Crippen molar-refractivity contribution in [3.05, 3.63) is 36.0 Å². The number of benzene rings is 1. The summed E-state index contributed by atoms with van der Waals surface area (Å²) in [6, 6.07) is 8.76. The molecule has 2 aromatic rings. The van der Waals surface area contributed by atoms with Crippen molar-refractivity contribution < 1.29 is 4.79 Å². The monoisotopic (exact) mass is 296 g/mol. The van der Waals surface area contributed by atoms with E-state index in [4.69, 9.17) is 0 Å². The second kappa shape index (κ2) is 5.79. The maximum Gasteiger partial charge on any atom is 0.227 e. The highest BCUT2D eigenvalue weighted by atomic mass is 16.2. The first-order valence-electron chi connectivity index (χ1n) is 8.67. The van der Waals surface area contributed by atoms with E-state index in [1.54, 1.807) is 0 Å². The summed E-state index contributed by atoms with van der Waals surface area (Å²) in [5.41, 5.74) is 2.26. The molecule has 1 saturated heterocycles. The molecule has 3 heteroatoms. The molecular formula is C19H24N2O. The summed E-state index contributed by atoms with van der Waals surface area (Å²) >= 11 is 0. The zero-order chi connectivity index (χ0) is 14.9. The Morgan fingerprint density at radius 3 is 2.91 bits per heavy atom. The number of aromatic amines is 1. The molecular weight excluding hydrogens is 272 g/mol. The second-order valence-electron chi connectivity index (χ2n) is 6.88. The van der Waals surface area contributed by atoms with E-state index in [2.05, 4.69) is 22.0 Å². The van der Waals surface area contributed by atoms with Crippen LogP contribution in [0.4, 0.5) is 0 Å². The van der Waals surface area contributed by atoms with Crippen LogP contribution in [-0.2, 0) is 11.2 Å². The third-order valence-corrected chi connectivity index (χ3v) is 5.58. The lowest BCUT2D eigenvalue weighted by atomic mass is 9.78. The average Bonchev–Trinajstić information content (AvgIpc) is 2.97. The van der Waals surface area contributed by atoms with Gasteiger partial charge in [-0.2, -0.15) is 0 Å². The molecule has 1 N–H and O–H groups in total. The lowest BCUT2D eigenvalue weighted by Crippen LogP contribution is -2.50. The van der Waals surface area contributed by atoms with Crippen LogP contribution in [-0.4, -0.2) is 28.4 Å². The largest absolute Gasteiger partial charge is 0.361 e. The van der Waals surface area contributed by atoms with Gasteiger partial charge < -0.3 is 9.88 Å². The summed E-state index contributed by atoms with van der Waals surface area (Å²) in [6.07, 6.45) is 10.2. The minimum atomic E-state index is 0.321. The van der Waals surface area contributed by atoms with Crippen molar-refractivity contribution in [1.29, 1.82) is 0 Å². The fourth-order valence-electron chi connectivity index (χ4n) is 4.48. The van der Waals surface area contributed by atoms with Gasteiger partial charge in [0.25, 0.3) is 0 Å². The molecule has 22 heavy (non-hydrogen) atoms. The van der Waals surface area contributed by atoms with Gasteiger partial charge >= 0.3 is 0 Å². The standard InChI is InChI=1S/C19H24N2O/c22-19(12-15-13-20-17-9-3-2-8-16(15)17)21-11-5-7-14-6-1-4-10-18(14)21/h2-3,8-9,13-14,18,20H,1,4-7,10-12H2/t14-,18+/m0/s1. The smallest absolute Gasteiger partial charge is 0.227 e. The first kappa shape index (κ1) is 13.9. The predicted octanol–water partition coefficient (Wildman–Crippen LogP) is 3.89. The fourth-order valence-corrected chi connectivity index (χ4v) is 4.48. The van der Waals surface area contributed by atoms with E-state index >= 15 is 0 Å². The van der Waals surface area contributed by atoms with Gasteiger partial charge in [0.05, 0.1) is 6.42 Å². The van der Waals surface area contributed by atoms with E-state index in [0.29, 0.717) is 18.4 Å². The lowest BCUT2D eigenvalue weighted by molar-refractivity contribution is -0.136. The van der Waals surface area contributed by atoms with Crippen molar-refractivity contribution in [3.63, 3.8) is 0 Å². The molecule has 1 aromatic carbocycles. The van der Waals surface area contributed by atoms with Crippen molar-refractivity contribution in [2.75, 3.05) is 6.54 Å². The first-order valence-corrected chi connectivity index (χ1v) is 8.67. The molecule has 2 atom stereocenters. The molecule has 1 aliphatic heterocycles. The topological polar surface area (TPSA) is 36.1 Å². The minimum Gasteiger partial charge on any atom is -0.361 e. The number of rotatable bonds is 2. The van der Waals surface area contributed by atoms with Crippen molar-refractivity contribution in [1.82, 2.24) is 9.88 Å². The average molecular weight is 296 g/mol. The predicted molar refractivity (Wildman–Crippen MR) is 88.7 cm³/mol. The SMILES string of the molecule is O=C(Cc1c[nH]c2ccccc12)N1CCC[C@@H]2CCCC[C@H]21. The Kier molecular flexibility index (Phi) is 3.65. The number of fused-ring (bicyclic) bond motifs is 2. The summed E-state index contributed by atoms with van der Waals surface area (Å²) in [5.74, 6) is 1.08. The normalized spacial score (nSPS) is 25.2. The van der Waals surface area contributed by atoms with Crippen LogP contribution in [0.1, 0.15) is 44.1 Å². The van der Waals surface area contributed by atoms with Gasteiger partial charge in [0.15, 0.2) is 0 Å². The summed E-state index contributed by atoms with van der Waals surface area (Å²) < 4.78 is 0. The number of carbonyl (C=O) groups is 1.